The molecule has 1 aromatic rings. The first-order valence-corrected chi connectivity index (χ1v) is 4.45. The smallest absolute Gasteiger partial charge is 0.180 e. The Bertz CT molecular complexity index is 347. The second-order valence-electron chi connectivity index (χ2n) is 2.97. The number of carbonyl (C=O) groups is 1. The number of ketones is 1. The molecule has 1 nitrogen and oxygen atoms in total. The van der Waals surface area contributed by atoms with E-state index in [9.17, 15) is 9.18 Å². The number of halogens is 2. The molecule has 0 N–H and O–H groups in total. The molecule has 0 aliphatic heterocycles. The van der Waals surface area contributed by atoms with Gasteiger partial charge in [0, 0.05) is 0 Å². The Kier molecular flexibility index (Phi) is 3.04. The second-order valence-corrected chi connectivity index (χ2v) is 3.24. The molecule has 0 unspecified atom stereocenters. The zero-order valence-corrected chi connectivity index (χ0v) is 8.28. The minimum atomic E-state index is -0.492. The Balaban J connectivity index is 3.23. The lowest BCUT2D eigenvalue weighted by Gasteiger charge is -2.04. The third kappa shape index (κ3) is 2.07. The number of benzene rings is 1. The Morgan fingerprint density at radius 1 is 1.38 bits per heavy atom. The average molecular weight is 201 g/mol. The lowest BCUT2D eigenvalue weighted by molar-refractivity contribution is 0.101. The summed E-state index contributed by atoms with van der Waals surface area (Å²) in [7, 11) is 0. The highest BCUT2D eigenvalue weighted by Gasteiger charge is 2.11. The summed E-state index contributed by atoms with van der Waals surface area (Å²) in [4.78, 5) is 11.1. The van der Waals surface area contributed by atoms with Gasteiger partial charge in [0.15, 0.2) is 5.78 Å². The van der Waals surface area contributed by atoms with E-state index in [0.717, 1.165) is 11.1 Å². The number of hydrogen-bond acceptors (Lipinski definition) is 1. The van der Waals surface area contributed by atoms with E-state index < -0.39 is 5.82 Å². The third-order valence-corrected chi connectivity index (χ3v) is 2.25. The maximum absolute atomic E-state index is 13.2. The largest absolute Gasteiger partial charge is 0.293 e. The molecule has 1 aromatic carbocycles. The van der Waals surface area contributed by atoms with Crippen LogP contribution < -0.4 is 0 Å². The van der Waals surface area contributed by atoms with Crippen molar-refractivity contribution in [2.45, 2.75) is 13.8 Å². The molecule has 0 saturated carbocycles. The fraction of sp³-hybridized carbons (Fsp3) is 0.300. The summed E-state index contributed by atoms with van der Waals surface area (Å²) in [5, 5.41) is 0. The Hall–Kier alpha value is -0.890. The number of hydrogen-bond donors (Lipinski definition) is 0. The van der Waals surface area contributed by atoms with Crippen LogP contribution in [0.3, 0.4) is 0 Å². The van der Waals surface area contributed by atoms with Crippen LogP contribution in [0.5, 0.6) is 0 Å². The molecule has 1 rings (SSSR count). The van der Waals surface area contributed by atoms with Crippen molar-refractivity contribution in [2.75, 3.05) is 5.88 Å². The van der Waals surface area contributed by atoms with Gasteiger partial charge < -0.3 is 0 Å². The number of Topliss-reactive ketones (excluding diaryl/α,β-unsaturated/α-hetero) is 1. The van der Waals surface area contributed by atoms with Crippen molar-refractivity contribution in [3.8, 4) is 0 Å². The Labute approximate surface area is 81.5 Å². The van der Waals surface area contributed by atoms with E-state index in [0.29, 0.717) is 0 Å². The van der Waals surface area contributed by atoms with Crippen molar-refractivity contribution < 1.29 is 9.18 Å². The normalized spacial score (nSPS) is 10.2. The Morgan fingerprint density at radius 2 is 1.92 bits per heavy atom. The number of aryl methyl sites for hydroxylation is 2. The first-order chi connectivity index (χ1) is 6.06. The van der Waals surface area contributed by atoms with Crippen LogP contribution in [0.25, 0.3) is 0 Å². The van der Waals surface area contributed by atoms with Gasteiger partial charge in [-0.3, -0.25) is 4.79 Å². The van der Waals surface area contributed by atoms with E-state index in [-0.39, 0.29) is 17.2 Å². The van der Waals surface area contributed by atoms with E-state index in [1.807, 2.05) is 6.92 Å². The average Bonchev–Trinajstić information content (AvgIpc) is 2.10. The van der Waals surface area contributed by atoms with Crippen molar-refractivity contribution in [2.24, 2.45) is 0 Å². The van der Waals surface area contributed by atoms with Gasteiger partial charge in [0.05, 0.1) is 11.4 Å². The molecule has 0 heterocycles. The first-order valence-electron chi connectivity index (χ1n) is 3.92. The molecule has 13 heavy (non-hydrogen) atoms. The lowest BCUT2D eigenvalue weighted by atomic mass is 10.0. The van der Waals surface area contributed by atoms with Crippen molar-refractivity contribution >= 4 is 17.4 Å². The highest BCUT2D eigenvalue weighted by molar-refractivity contribution is 6.30. The summed E-state index contributed by atoms with van der Waals surface area (Å²) in [6, 6.07) is 2.89. The van der Waals surface area contributed by atoms with Crippen molar-refractivity contribution in [1.29, 1.82) is 0 Å². The summed E-state index contributed by atoms with van der Waals surface area (Å²) in [5.41, 5.74) is 1.82. The summed E-state index contributed by atoms with van der Waals surface area (Å²) in [6.45, 7) is 3.63. The van der Waals surface area contributed by atoms with Gasteiger partial charge in [-0.1, -0.05) is 0 Å². The summed E-state index contributed by atoms with van der Waals surface area (Å²) < 4.78 is 13.2. The molecule has 70 valence electrons. The van der Waals surface area contributed by atoms with E-state index in [1.54, 1.807) is 6.92 Å². The molecule has 0 saturated heterocycles. The predicted octanol–water partition coefficient (Wildman–Crippen LogP) is 2.86. The van der Waals surface area contributed by atoms with Crippen LogP contribution >= 0.6 is 11.6 Å². The van der Waals surface area contributed by atoms with Crippen LogP contribution in [-0.2, 0) is 0 Å². The van der Waals surface area contributed by atoms with Crippen molar-refractivity contribution in [3.63, 3.8) is 0 Å². The highest BCUT2D eigenvalue weighted by Crippen LogP contribution is 2.15. The van der Waals surface area contributed by atoms with Gasteiger partial charge in [-0.15, -0.1) is 11.6 Å². The summed E-state index contributed by atoms with van der Waals surface area (Å²) in [5.74, 6) is -1.05. The molecule has 0 amide bonds. The van der Waals surface area contributed by atoms with Gasteiger partial charge >= 0.3 is 0 Å². The maximum Gasteiger partial charge on any atom is 0.180 e. The fourth-order valence-electron chi connectivity index (χ4n) is 1.07. The molecule has 0 aliphatic carbocycles. The molecule has 0 aliphatic rings. The maximum atomic E-state index is 13.2. The lowest BCUT2D eigenvalue weighted by Crippen LogP contribution is -2.04. The van der Waals surface area contributed by atoms with Crippen LogP contribution in [-0.4, -0.2) is 11.7 Å². The van der Waals surface area contributed by atoms with Gasteiger partial charge in [-0.05, 0) is 37.1 Å². The third-order valence-electron chi connectivity index (χ3n) is 2.01. The zero-order chi connectivity index (χ0) is 10.0. The van der Waals surface area contributed by atoms with E-state index in [4.69, 9.17) is 11.6 Å². The van der Waals surface area contributed by atoms with Gasteiger partial charge in [-0.2, -0.15) is 0 Å². The van der Waals surface area contributed by atoms with E-state index in [1.165, 1.54) is 12.1 Å². The molecule has 3 heteroatoms. The Morgan fingerprint density at radius 3 is 2.46 bits per heavy atom. The van der Waals surface area contributed by atoms with Gasteiger partial charge in [0.2, 0.25) is 0 Å². The van der Waals surface area contributed by atoms with Crippen molar-refractivity contribution in [1.82, 2.24) is 0 Å². The summed E-state index contributed by atoms with van der Waals surface area (Å²) >= 11 is 5.33. The van der Waals surface area contributed by atoms with Gasteiger partial charge in [-0.25, -0.2) is 4.39 Å². The molecule has 0 spiro atoms. The van der Waals surface area contributed by atoms with Crippen LogP contribution in [0.15, 0.2) is 12.1 Å². The highest BCUT2D eigenvalue weighted by atomic mass is 35.5. The quantitative estimate of drug-likeness (QED) is 0.530. The van der Waals surface area contributed by atoms with E-state index in [2.05, 4.69) is 0 Å². The van der Waals surface area contributed by atoms with Crippen LogP contribution in [0, 0.1) is 19.7 Å². The monoisotopic (exact) mass is 200 g/mol. The standard InChI is InChI=1S/C10H10ClFO/c1-6-3-8(10(13)5-11)9(12)4-7(6)2/h3-4H,5H2,1-2H3. The minimum absolute atomic E-state index is 0.0816. The first kappa shape index (κ1) is 10.2. The van der Waals surface area contributed by atoms with Crippen molar-refractivity contribution in [3.05, 3.63) is 34.6 Å². The minimum Gasteiger partial charge on any atom is -0.293 e. The van der Waals surface area contributed by atoms with Crippen LogP contribution in [0.2, 0.25) is 0 Å². The van der Waals surface area contributed by atoms with Gasteiger partial charge in [0.1, 0.15) is 5.82 Å². The van der Waals surface area contributed by atoms with Gasteiger partial charge in [0.25, 0.3) is 0 Å². The molecular formula is C10H10ClFO. The number of carbonyl (C=O) groups excluding carboxylic acids is 1. The second kappa shape index (κ2) is 3.88. The topological polar surface area (TPSA) is 17.1 Å². The summed E-state index contributed by atoms with van der Waals surface area (Å²) in [6.07, 6.45) is 0. The molecule has 0 aromatic heterocycles. The molecule has 0 atom stereocenters. The fourth-order valence-corrected chi connectivity index (χ4v) is 1.21. The SMILES string of the molecule is Cc1cc(F)c(C(=O)CCl)cc1C. The molecule has 0 fully saturated rings. The predicted molar refractivity (Wildman–Crippen MR) is 50.9 cm³/mol. The van der Waals surface area contributed by atoms with Crippen LogP contribution in [0.1, 0.15) is 21.5 Å². The van der Waals surface area contributed by atoms with Crippen LogP contribution in [0.4, 0.5) is 4.39 Å². The molecule has 0 radical (unpaired) electrons. The molecule has 0 bridgehead atoms. The number of alkyl halides is 1. The van der Waals surface area contributed by atoms with E-state index >= 15 is 0 Å². The zero-order valence-electron chi connectivity index (χ0n) is 7.53. The molecular weight excluding hydrogens is 191 g/mol. The number of rotatable bonds is 2.